The maximum absolute atomic E-state index is 4.31. The van der Waals surface area contributed by atoms with E-state index in [2.05, 4.69) is 38.3 Å². The zero-order chi connectivity index (χ0) is 10.3. The van der Waals surface area contributed by atoms with E-state index in [0.29, 0.717) is 6.04 Å². The van der Waals surface area contributed by atoms with Gasteiger partial charge in [0.2, 0.25) is 0 Å². The molecule has 1 N–H and O–H groups in total. The van der Waals surface area contributed by atoms with Gasteiger partial charge in [0.1, 0.15) is 5.82 Å². The Morgan fingerprint density at radius 3 is 3.00 bits per heavy atom. The second-order valence-corrected chi connectivity index (χ2v) is 3.86. The van der Waals surface area contributed by atoms with Crippen molar-refractivity contribution in [3.63, 3.8) is 0 Å². The van der Waals surface area contributed by atoms with E-state index < -0.39 is 0 Å². The number of nitrogens with one attached hydrogen (secondary N) is 1. The molecule has 0 saturated heterocycles. The predicted octanol–water partition coefficient (Wildman–Crippen LogP) is 1.52. The number of fused-ring (bicyclic) bond motifs is 1. The topological polar surface area (TPSA) is 42.7 Å². The van der Waals surface area contributed by atoms with E-state index >= 15 is 0 Å². The summed E-state index contributed by atoms with van der Waals surface area (Å²) in [7, 11) is 2.03. The van der Waals surface area contributed by atoms with Gasteiger partial charge < -0.3 is 9.88 Å². The van der Waals surface area contributed by atoms with E-state index in [4.69, 9.17) is 0 Å². The standard InChI is InChI=1S/C11H12N4/c1-15-5-2-8(7-15)9-6-10-11(14-9)13-4-3-12-10/h2-5,7,9H,6H2,1H3,(H,13,14). The van der Waals surface area contributed by atoms with Crippen molar-refractivity contribution in [1.29, 1.82) is 0 Å². The van der Waals surface area contributed by atoms with Crippen LogP contribution in [-0.4, -0.2) is 14.5 Å². The molecule has 0 aromatic carbocycles. The molecule has 1 unspecified atom stereocenters. The molecular weight excluding hydrogens is 188 g/mol. The molecular formula is C11H12N4. The number of hydrogen-bond acceptors (Lipinski definition) is 3. The van der Waals surface area contributed by atoms with Crippen LogP contribution in [0, 0.1) is 0 Å². The van der Waals surface area contributed by atoms with Crippen LogP contribution in [0.4, 0.5) is 5.82 Å². The number of hydrogen-bond donors (Lipinski definition) is 1. The largest absolute Gasteiger partial charge is 0.361 e. The van der Waals surface area contributed by atoms with Crippen LogP contribution in [0.3, 0.4) is 0 Å². The fraction of sp³-hybridized carbons (Fsp3) is 0.273. The lowest BCUT2D eigenvalue weighted by molar-refractivity contribution is 0.802. The molecule has 2 aromatic heterocycles. The number of nitrogens with zero attached hydrogens (tertiary/aromatic N) is 3. The average Bonchev–Trinajstić information content (AvgIpc) is 2.82. The third-order valence-electron chi connectivity index (χ3n) is 2.74. The van der Waals surface area contributed by atoms with Crippen molar-refractivity contribution in [2.45, 2.75) is 12.5 Å². The first-order valence-corrected chi connectivity index (χ1v) is 5.01. The second kappa shape index (κ2) is 3.08. The van der Waals surface area contributed by atoms with Crippen LogP contribution >= 0.6 is 0 Å². The molecule has 0 bridgehead atoms. The van der Waals surface area contributed by atoms with Crippen LogP contribution in [0.1, 0.15) is 17.3 Å². The zero-order valence-electron chi connectivity index (χ0n) is 8.51. The third-order valence-corrected chi connectivity index (χ3v) is 2.74. The summed E-state index contributed by atoms with van der Waals surface area (Å²) in [6.07, 6.45) is 8.57. The summed E-state index contributed by atoms with van der Waals surface area (Å²) >= 11 is 0. The van der Waals surface area contributed by atoms with Gasteiger partial charge in [-0.25, -0.2) is 4.98 Å². The highest BCUT2D eigenvalue weighted by Crippen LogP contribution is 2.30. The minimum atomic E-state index is 0.323. The van der Waals surface area contributed by atoms with E-state index in [0.717, 1.165) is 17.9 Å². The van der Waals surface area contributed by atoms with Crippen LogP contribution in [-0.2, 0) is 13.5 Å². The summed E-state index contributed by atoms with van der Waals surface area (Å²) < 4.78 is 2.06. The van der Waals surface area contributed by atoms with Gasteiger partial charge in [0, 0.05) is 38.3 Å². The van der Waals surface area contributed by atoms with Gasteiger partial charge in [-0.3, -0.25) is 4.98 Å². The molecule has 0 radical (unpaired) electrons. The zero-order valence-corrected chi connectivity index (χ0v) is 8.51. The Morgan fingerprint density at radius 2 is 2.27 bits per heavy atom. The normalized spacial score (nSPS) is 18.6. The molecule has 4 heteroatoms. The van der Waals surface area contributed by atoms with Gasteiger partial charge in [0.05, 0.1) is 11.7 Å². The van der Waals surface area contributed by atoms with E-state index in [-0.39, 0.29) is 0 Å². The Balaban J connectivity index is 1.90. The Morgan fingerprint density at radius 1 is 1.40 bits per heavy atom. The fourth-order valence-corrected chi connectivity index (χ4v) is 1.98. The summed E-state index contributed by atoms with van der Waals surface area (Å²) in [6, 6.07) is 2.45. The van der Waals surface area contributed by atoms with Crippen molar-refractivity contribution in [1.82, 2.24) is 14.5 Å². The smallest absolute Gasteiger partial charge is 0.148 e. The molecule has 0 saturated carbocycles. The van der Waals surface area contributed by atoms with Crippen LogP contribution < -0.4 is 5.32 Å². The Kier molecular flexibility index (Phi) is 1.74. The lowest BCUT2D eigenvalue weighted by Crippen LogP contribution is -2.04. The number of anilines is 1. The third kappa shape index (κ3) is 1.38. The Labute approximate surface area is 88.0 Å². The van der Waals surface area contributed by atoms with Crippen molar-refractivity contribution in [2.75, 3.05) is 5.32 Å². The van der Waals surface area contributed by atoms with Crippen LogP contribution in [0.15, 0.2) is 30.9 Å². The summed E-state index contributed by atoms with van der Waals surface area (Å²) in [4.78, 5) is 8.57. The Bertz CT molecular complexity index is 464. The number of rotatable bonds is 1. The van der Waals surface area contributed by atoms with Crippen molar-refractivity contribution < 1.29 is 0 Å². The monoisotopic (exact) mass is 200 g/mol. The highest BCUT2D eigenvalue weighted by atomic mass is 15.1. The molecule has 3 rings (SSSR count). The molecule has 76 valence electrons. The van der Waals surface area contributed by atoms with Gasteiger partial charge in [0.25, 0.3) is 0 Å². The Hall–Kier alpha value is -1.84. The first kappa shape index (κ1) is 8.47. The highest BCUT2D eigenvalue weighted by Gasteiger charge is 2.24. The van der Waals surface area contributed by atoms with Gasteiger partial charge >= 0.3 is 0 Å². The summed E-state index contributed by atoms with van der Waals surface area (Å²) in [6.45, 7) is 0. The van der Waals surface area contributed by atoms with Crippen molar-refractivity contribution in [2.24, 2.45) is 7.05 Å². The fourth-order valence-electron chi connectivity index (χ4n) is 1.98. The van der Waals surface area contributed by atoms with Gasteiger partial charge in [-0.2, -0.15) is 0 Å². The summed E-state index contributed by atoms with van der Waals surface area (Å²) in [5.41, 5.74) is 2.35. The SMILES string of the molecule is Cn1ccc(C2Cc3nccnc3N2)c1. The van der Waals surface area contributed by atoms with Gasteiger partial charge in [-0.15, -0.1) is 0 Å². The highest BCUT2D eigenvalue weighted by molar-refractivity contribution is 5.48. The minimum Gasteiger partial charge on any atom is -0.361 e. The maximum atomic E-state index is 4.31. The van der Waals surface area contributed by atoms with E-state index in [1.54, 1.807) is 12.4 Å². The van der Waals surface area contributed by atoms with Gasteiger partial charge in [-0.1, -0.05) is 0 Å². The van der Waals surface area contributed by atoms with Crippen molar-refractivity contribution >= 4 is 5.82 Å². The molecule has 3 heterocycles. The average molecular weight is 200 g/mol. The van der Waals surface area contributed by atoms with E-state index in [1.807, 2.05) is 7.05 Å². The first-order valence-electron chi connectivity index (χ1n) is 5.01. The number of aromatic nitrogens is 3. The molecule has 0 amide bonds. The van der Waals surface area contributed by atoms with E-state index in [9.17, 15) is 0 Å². The molecule has 0 aliphatic carbocycles. The molecule has 0 spiro atoms. The molecule has 1 aliphatic heterocycles. The molecule has 2 aromatic rings. The number of aryl methyl sites for hydroxylation is 1. The second-order valence-electron chi connectivity index (χ2n) is 3.86. The lowest BCUT2D eigenvalue weighted by atomic mass is 10.1. The maximum Gasteiger partial charge on any atom is 0.148 e. The van der Waals surface area contributed by atoms with Gasteiger partial charge in [-0.05, 0) is 11.6 Å². The molecule has 1 atom stereocenters. The van der Waals surface area contributed by atoms with E-state index in [1.165, 1.54) is 5.56 Å². The quantitative estimate of drug-likeness (QED) is 0.759. The molecule has 4 nitrogen and oxygen atoms in total. The predicted molar refractivity (Wildman–Crippen MR) is 57.5 cm³/mol. The minimum absolute atomic E-state index is 0.323. The molecule has 15 heavy (non-hydrogen) atoms. The van der Waals surface area contributed by atoms with Gasteiger partial charge in [0.15, 0.2) is 0 Å². The first-order chi connectivity index (χ1) is 7.33. The van der Waals surface area contributed by atoms with Crippen LogP contribution in [0.2, 0.25) is 0 Å². The van der Waals surface area contributed by atoms with Crippen LogP contribution in [0.25, 0.3) is 0 Å². The van der Waals surface area contributed by atoms with Crippen molar-refractivity contribution in [3.8, 4) is 0 Å². The van der Waals surface area contributed by atoms with Crippen LogP contribution in [0.5, 0.6) is 0 Å². The molecule has 0 fully saturated rings. The van der Waals surface area contributed by atoms with Crippen molar-refractivity contribution in [3.05, 3.63) is 42.1 Å². The molecule has 1 aliphatic rings. The lowest BCUT2D eigenvalue weighted by Gasteiger charge is -2.07. The summed E-state index contributed by atoms with van der Waals surface area (Å²) in [5.74, 6) is 0.923. The summed E-state index contributed by atoms with van der Waals surface area (Å²) in [5, 5.41) is 3.38.